The Bertz CT molecular complexity index is 984. The fourth-order valence-corrected chi connectivity index (χ4v) is 3.42. The second kappa shape index (κ2) is 8.26. The monoisotopic (exact) mass is 395 g/mol. The number of hydrogen-bond donors (Lipinski definition) is 2. The van der Waals surface area contributed by atoms with Crippen LogP contribution in [0.25, 0.3) is 0 Å². The van der Waals surface area contributed by atoms with Gasteiger partial charge in [-0.2, -0.15) is 0 Å². The smallest absolute Gasteiger partial charge is 0.322 e. The van der Waals surface area contributed by atoms with E-state index in [1.807, 2.05) is 37.3 Å². The summed E-state index contributed by atoms with van der Waals surface area (Å²) in [6.45, 7) is 3.71. The molecule has 0 saturated heterocycles. The molecule has 0 saturated carbocycles. The van der Waals surface area contributed by atoms with Crippen molar-refractivity contribution in [1.29, 1.82) is 0 Å². The predicted octanol–water partition coefficient (Wildman–Crippen LogP) is 3.62. The average molecular weight is 395 g/mol. The number of amides is 3. The highest BCUT2D eigenvalue weighted by Gasteiger charge is 2.36. The fraction of sp³-hybridized carbons (Fsp3) is 0.273. The zero-order valence-electron chi connectivity index (χ0n) is 17.2. The van der Waals surface area contributed by atoms with E-state index in [0.717, 1.165) is 5.56 Å². The lowest BCUT2D eigenvalue weighted by Crippen LogP contribution is -2.46. The molecule has 0 aromatic heterocycles. The third-order valence-electron chi connectivity index (χ3n) is 5.02. The van der Waals surface area contributed by atoms with Crippen molar-refractivity contribution in [2.45, 2.75) is 19.9 Å². The number of nitrogens with one attached hydrogen (secondary N) is 2. The Kier molecular flexibility index (Phi) is 5.77. The van der Waals surface area contributed by atoms with Gasteiger partial charge in [-0.25, -0.2) is 4.79 Å². The van der Waals surface area contributed by atoms with Crippen LogP contribution in [0.5, 0.6) is 11.5 Å². The van der Waals surface area contributed by atoms with Crippen molar-refractivity contribution in [3.8, 4) is 11.5 Å². The lowest BCUT2D eigenvalue weighted by molar-refractivity contribution is -0.113. The molecule has 3 rings (SSSR count). The van der Waals surface area contributed by atoms with Crippen LogP contribution in [0.2, 0.25) is 0 Å². The van der Waals surface area contributed by atoms with Crippen molar-refractivity contribution in [3.05, 3.63) is 64.9 Å². The number of methoxy groups -OCH3 is 2. The van der Waals surface area contributed by atoms with Gasteiger partial charge in [0.1, 0.15) is 0 Å². The third-order valence-corrected chi connectivity index (χ3v) is 5.02. The predicted molar refractivity (Wildman–Crippen MR) is 111 cm³/mol. The number of urea groups is 1. The molecule has 7 heteroatoms. The van der Waals surface area contributed by atoms with Crippen molar-refractivity contribution >= 4 is 17.6 Å². The number of hydrogen-bond acceptors (Lipinski definition) is 4. The topological polar surface area (TPSA) is 79.9 Å². The lowest BCUT2D eigenvalue weighted by atomic mass is 9.93. The summed E-state index contributed by atoms with van der Waals surface area (Å²) in [5.41, 5.74) is 3.36. The van der Waals surface area contributed by atoms with Gasteiger partial charge < -0.3 is 25.0 Å². The van der Waals surface area contributed by atoms with Crippen LogP contribution in [0.3, 0.4) is 0 Å². The second-order valence-corrected chi connectivity index (χ2v) is 6.85. The minimum atomic E-state index is -0.687. The van der Waals surface area contributed by atoms with Crippen LogP contribution in [-0.4, -0.2) is 38.1 Å². The summed E-state index contributed by atoms with van der Waals surface area (Å²) in [5, 5.41) is 5.84. The molecule has 0 bridgehead atoms. The Balaban J connectivity index is 2.08. The quantitative estimate of drug-likeness (QED) is 0.810. The Hall–Kier alpha value is -3.48. The molecular weight excluding hydrogens is 370 g/mol. The maximum atomic E-state index is 13.3. The first kappa shape index (κ1) is 20.3. The summed E-state index contributed by atoms with van der Waals surface area (Å²) in [5.74, 6) is 0.697. The molecule has 2 aromatic carbocycles. The second-order valence-electron chi connectivity index (χ2n) is 6.85. The fourth-order valence-electron chi connectivity index (χ4n) is 3.42. The average Bonchev–Trinajstić information content (AvgIpc) is 2.70. The first-order chi connectivity index (χ1) is 13.9. The molecule has 0 spiro atoms. The maximum absolute atomic E-state index is 13.3. The summed E-state index contributed by atoms with van der Waals surface area (Å²) < 4.78 is 10.9. The van der Waals surface area contributed by atoms with Crippen molar-refractivity contribution in [2.24, 2.45) is 0 Å². The van der Waals surface area contributed by atoms with Crippen LogP contribution in [0.15, 0.2) is 53.7 Å². The third kappa shape index (κ3) is 3.89. The normalized spacial score (nSPS) is 16.4. The summed E-state index contributed by atoms with van der Waals surface area (Å²) in [6, 6.07) is 11.9. The molecule has 152 valence electrons. The molecule has 1 aliphatic rings. The molecule has 7 nitrogen and oxygen atoms in total. The van der Waals surface area contributed by atoms with Gasteiger partial charge in [-0.05, 0) is 37.6 Å². The van der Waals surface area contributed by atoms with E-state index in [9.17, 15) is 9.59 Å². The van der Waals surface area contributed by atoms with Gasteiger partial charge in [0.05, 0.1) is 25.8 Å². The molecule has 0 fully saturated rings. The van der Waals surface area contributed by atoms with Crippen molar-refractivity contribution in [2.75, 3.05) is 26.6 Å². The van der Waals surface area contributed by atoms with Crippen molar-refractivity contribution in [1.82, 2.24) is 10.2 Å². The number of para-hydroxylation sites is 1. The van der Waals surface area contributed by atoms with Crippen molar-refractivity contribution < 1.29 is 19.1 Å². The van der Waals surface area contributed by atoms with Gasteiger partial charge in [0.2, 0.25) is 0 Å². The van der Waals surface area contributed by atoms with Crippen LogP contribution in [-0.2, 0) is 4.79 Å². The van der Waals surface area contributed by atoms with E-state index in [1.54, 1.807) is 33.2 Å². The number of anilines is 1. The molecule has 1 aliphatic heterocycles. The van der Waals surface area contributed by atoms with Gasteiger partial charge in [-0.1, -0.05) is 24.3 Å². The summed E-state index contributed by atoms with van der Waals surface area (Å²) in [6.07, 6.45) is 0. The van der Waals surface area contributed by atoms with Gasteiger partial charge in [0, 0.05) is 24.0 Å². The summed E-state index contributed by atoms with van der Waals surface area (Å²) >= 11 is 0. The highest BCUT2D eigenvalue weighted by Crippen LogP contribution is 2.40. The van der Waals surface area contributed by atoms with Crippen LogP contribution in [0.1, 0.15) is 24.1 Å². The van der Waals surface area contributed by atoms with Crippen LogP contribution < -0.4 is 20.1 Å². The SMILES string of the molecule is COc1cccc(C2NC(=O)N(C)C(C)=C2C(=O)Nc2cccc(C)c2)c1OC. The van der Waals surface area contributed by atoms with Crippen LogP contribution in [0.4, 0.5) is 10.5 Å². The Morgan fingerprint density at radius 2 is 1.83 bits per heavy atom. The number of carbonyl (C=O) groups is 2. The van der Waals surface area contributed by atoms with E-state index in [2.05, 4.69) is 10.6 Å². The molecule has 0 radical (unpaired) electrons. The standard InChI is InChI=1S/C22H25N3O4/c1-13-8-6-9-15(12-13)23-21(26)18-14(2)25(3)22(27)24-19(18)16-10-7-11-17(28-4)20(16)29-5/h6-12,19H,1-5H3,(H,23,26)(H,24,27). The van der Waals surface area contributed by atoms with E-state index in [1.165, 1.54) is 12.0 Å². The van der Waals surface area contributed by atoms with Crippen molar-refractivity contribution in [3.63, 3.8) is 0 Å². The van der Waals surface area contributed by atoms with E-state index in [-0.39, 0.29) is 11.9 Å². The van der Waals surface area contributed by atoms with Gasteiger partial charge >= 0.3 is 6.03 Å². The van der Waals surface area contributed by atoms with E-state index in [4.69, 9.17) is 9.47 Å². The van der Waals surface area contributed by atoms with Gasteiger partial charge in [-0.3, -0.25) is 4.79 Å². The zero-order valence-corrected chi connectivity index (χ0v) is 17.2. The zero-order chi connectivity index (χ0) is 21.1. The molecule has 0 aliphatic carbocycles. The van der Waals surface area contributed by atoms with E-state index in [0.29, 0.717) is 34.0 Å². The number of aryl methyl sites for hydroxylation is 1. The highest BCUT2D eigenvalue weighted by atomic mass is 16.5. The van der Waals surface area contributed by atoms with Gasteiger partial charge in [0.15, 0.2) is 11.5 Å². The molecule has 2 aromatic rings. The molecular formula is C22H25N3O4. The first-order valence-electron chi connectivity index (χ1n) is 9.21. The number of rotatable bonds is 5. The number of carbonyl (C=O) groups excluding carboxylic acids is 2. The van der Waals surface area contributed by atoms with Crippen LogP contribution in [0, 0.1) is 6.92 Å². The van der Waals surface area contributed by atoms with E-state index >= 15 is 0 Å². The molecule has 1 unspecified atom stereocenters. The largest absolute Gasteiger partial charge is 0.493 e. The molecule has 2 N–H and O–H groups in total. The number of benzene rings is 2. The molecule has 1 heterocycles. The van der Waals surface area contributed by atoms with Gasteiger partial charge in [-0.15, -0.1) is 0 Å². The van der Waals surface area contributed by atoms with E-state index < -0.39 is 6.04 Å². The summed E-state index contributed by atoms with van der Waals surface area (Å²) in [4.78, 5) is 27.2. The highest BCUT2D eigenvalue weighted by molar-refractivity contribution is 6.07. The molecule has 3 amide bonds. The minimum absolute atomic E-state index is 0.296. The number of ether oxygens (including phenoxy) is 2. The number of allylic oxidation sites excluding steroid dienone is 1. The lowest BCUT2D eigenvalue weighted by Gasteiger charge is -2.34. The minimum Gasteiger partial charge on any atom is -0.493 e. The Labute approximate surface area is 170 Å². The molecule has 1 atom stereocenters. The Morgan fingerprint density at radius 3 is 2.48 bits per heavy atom. The number of nitrogens with zero attached hydrogens (tertiary/aromatic N) is 1. The first-order valence-corrected chi connectivity index (χ1v) is 9.21. The summed E-state index contributed by atoms with van der Waals surface area (Å²) in [7, 11) is 4.70. The Morgan fingerprint density at radius 1 is 1.10 bits per heavy atom. The maximum Gasteiger partial charge on any atom is 0.322 e. The van der Waals surface area contributed by atoms with Gasteiger partial charge in [0.25, 0.3) is 5.91 Å². The molecule has 29 heavy (non-hydrogen) atoms. The van der Waals surface area contributed by atoms with Crippen LogP contribution >= 0.6 is 0 Å².